The summed E-state index contributed by atoms with van der Waals surface area (Å²) in [6.45, 7) is 3.77. The molecule has 0 aromatic carbocycles. The second-order valence-electron chi connectivity index (χ2n) is 3.44. The summed E-state index contributed by atoms with van der Waals surface area (Å²) in [5, 5.41) is 12.8. The first kappa shape index (κ1) is 11.6. The molecule has 5 nitrogen and oxygen atoms in total. The molecule has 0 saturated carbocycles. The van der Waals surface area contributed by atoms with Crippen LogP contribution < -0.4 is 11.1 Å². The van der Waals surface area contributed by atoms with Gasteiger partial charge in [0.1, 0.15) is 0 Å². The minimum Gasteiger partial charge on any atom is -0.466 e. The largest absolute Gasteiger partial charge is 0.466 e. The highest BCUT2D eigenvalue weighted by Crippen LogP contribution is 2.20. The van der Waals surface area contributed by atoms with E-state index in [1.54, 1.807) is 26.0 Å². The highest BCUT2D eigenvalue weighted by atomic mass is 16.5. The van der Waals surface area contributed by atoms with E-state index >= 15 is 0 Å². The van der Waals surface area contributed by atoms with Crippen molar-refractivity contribution in [2.24, 2.45) is 5.73 Å². The Morgan fingerprint density at radius 2 is 2.33 bits per heavy atom. The third kappa shape index (κ3) is 2.73. The molecule has 0 saturated heterocycles. The fourth-order valence-electron chi connectivity index (χ4n) is 1.36. The number of esters is 1. The van der Waals surface area contributed by atoms with E-state index in [9.17, 15) is 9.90 Å². The smallest absolute Gasteiger partial charge is 0.311 e. The normalized spacial score (nSPS) is 25.0. The summed E-state index contributed by atoms with van der Waals surface area (Å²) in [7, 11) is 0. The lowest BCUT2D eigenvalue weighted by Crippen LogP contribution is -2.51. The molecule has 84 valence electrons. The first-order valence-corrected chi connectivity index (χ1v) is 4.78. The summed E-state index contributed by atoms with van der Waals surface area (Å²) in [5.74, 6) is -0.487. The van der Waals surface area contributed by atoms with Gasteiger partial charge in [0.25, 0.3) is 0 Å². The summed E-state index contributed by atoms with van der Waals surface area (Å²) < 4.78 is 4.75. The number of carbonyl (C=O) groups is 1. The van der Waals surface area contributed by atoms with Crippen LogP contribution in [0.1, 0.15) is 20.3 Å². The molecule has 0 bridgehead atoms. The van der Waals surface area contributed by atoms with E-state index in [0.717, 1.165) is 5.70 Å². The van der Waals surface area contributed by atoms with Crippen molar-refractivity contribution < 1.29 is 14.6 Å². The molecule has 0 aromatic rings. The maximum Gasteiger partial charge on any atom is 0.311 e. The minimum atomic E-state index is -1.52. The zero-order chi connectivity index (χ0) is 11.5. The third-order valence-corrected chi connectivity index (χ3v) is 2.10. The van der Waals surface area contributed by atoms with Crippen LogP contribution in [-0.4, -0.2) is 23.4 Å². The Kier molecular flexibility index (Phi) is 3.36. The van der Waals surface area contributed by atoms with Crippen molar-refractivity contribution in [3.63, 3.8) is 0 Å². The zero-order valence-corrected chi connectivity index (χ0v) is 8.91. The lowest BCUT2D eigenvalue weighted by atomic mass is 10.0. The summed E-state index contributed by atoms with van der Waals surface area (Å²) >= 11 is 0. The van der Waals surface area contributed by atoms with Crippen LogP contribution >= 0.6 is 0 Å². The van der Waals surface area contributed by atoms with E-state index in [2.05, 4.69) is 5.32 Å². The van der Waals surface area contributed by atoms with Crippen LogP contribution in [0.25, 0.3) is 0 Å². The van der Waals surface area contributed by atoms with Crippen LogP contribution in [0.2, 0.25) is 0 Å². The molecule has 0 amide bonds. The number of hydrogen-bond donors (Lipinski definition) is 3. The number of nitrogens with one attached hydrogen (secondary N) is 1. The van der Waals surface area contributed by atoms with Gasteiger partial charge in [-0.2, -0.15) is 0 Å². The summed E-state index contributed by atoms with van der Waals surface area (Å²) in [4.78, 5) is 11.2. The van der Waals surface area contributed by atoms with Crippen molar-refractivity contribution in [1.29, 1.82) is 0 Å². The van der Waals surface area contributed by atoms with Gasteiger partial charge in [-0.15, -0.1) is 0 Å². The molecule has 0 spiro atoms. The lowest BCUT2D eigenvalue weighted by Gasteiger charge is -2.32. The maximum absolute atomic E-state index is 11.2. The van der Waals surface area contributed by atoms with Gasteiger partial charge in [-0.3, -0.25) is 4.79 Å². The molecular formula is C10H16N2O3. The Hall–Kier alpha value is -1.49. The van der Waals surface area contributed by atoms with Gasteiger partial charge in [-0.25, -0.2) is 0 Å². The van der Waals surface area contributed by atoms with Gasteiger partial charge >= 0.3 is 5.97 Å². The average molecular weight is 212 g/mol. The van der Waals surface area contributed by atoms with Gasteiger partial charge in [-0.05, 0) is 26.0 Å². The molecule has 5 heteroatoms. The molecule has 15 heavy (non-hydrogen) atoms. The van der Waals surface area contributed by atoms with Gasteiger partial charge in [-0.1, -0.05) is 0 Å². The van der Waals surface area contributed by atoms with Gasteiger partial charge in [0.05, 0.1) is 18.7 Å². The van der Waals surface area contributed by atoms with Crippen LogP contribution in [0.4, 0.5) is 0 Å². The van der Waals surface area contributed by atoms with Crippen molar-refractivity contribution in [1.82, 2.24) is 5.32 Å². The number of carbonyl (C=O) groups excluding carboxylic acids is 1. The summed E-state index contributed by atoms with van der Waals surface area (Å²) in [5.41, 5.74) is 5.05. The monoisotopic (exact) mass is 212 g/mol. The number of nitrogens with two attached hydrogens (primary N) is 1. The number of hydrogen-bond acceptors (Lipinski definition) is 5. The van der Waals surface area contributed by atoms with Crippen LogP contribution in [0.3, 0.4) is 0 Å². The summed E-state index contributed by atoms with van der Waals surface area (Å²) in [6, 6.07) is 0. The second-order valence-corrected chi connectivity index (χ2v) is 3.44. The fourth-order valence-corrected chi connectivity index (χ4v) is 1.36. The van der Waals surface area contributed by atoms with E-state index in [4.69, 9.17) is 10.5 Å². The fraction of sp³-hybridized carbons (Fsp3) is 0.500. The van der Waals surface area contributed by atoms with E-state index < -0.39 is 11.7 Å². The highest BCUT2D eigenvalue weighted by Gasteiger charge is 2.35. The molecule has 1 rings (SSSR count). The van der Waals surface area contributed by atoms with Gasteiger partial charge < -0.3 is 20.9 Å². The van der Waals surface area contributed by atoms with Gasteiger partial charge in [0.2, 0.25) is 0 Å². The first-order chi connectivity index (χ1) is 6.98. The first-order valence-electron chi connectivity index (χ1n) is 4.78. The molecular weight excluding hydrogens is 196 g/mol. The Morgan fingerprint density at radius 1 is 1.67 bits per heavy atom. The number of ether oxygens (including phenoxy) is 1. The molecule has 4 N–H and O–H groups in total. The van der Waals surface area contributed by atoms with E-state index in [1.165, 1.54) is 0 Å². The maximum atomic E-state index is 11.2. The molecule has 1 unspecified atom stereocenters. The van der Waals surface area contributed by atoms with Crippen LogP contribution in [0.15, 0.2) is 23.5 Å². The molecule has 1 aliphatic heterocycles. The van der Waals surface area contributed by atoms with Crippen LogP contribution in [0, 0.1) is 0 Å². The van der Waals surface area contributed by atoms with Crippen molar-refractivity contribution in [3.05, 3.63) is 23.5 Å². The molecule has 0 radical (unpaired) electrons. The lowest BCUT2D eigenvalue weighted by molar-refractivity contribution is -0.148. The SMILES string of the molecule is CCOC(=O)CC1(O)NC(C)=CC=C1N. The molecule has 1 aliphatic rings. The standard InChI is InChI=1S/C10H16N2O3/c1-3-15-9(13)6-10(14)8(11)5-4-7(2)12-10/h4-5,12,14H,3,6,11H2,1-2H3. The number of rotatable bonds is 3. The predicted molar refractivity (Wildman–Crippen MR) is 55.4 cm³/mol. The number of aliphatic hydroxyl groups is 1. The molecule has 1 heterocycles. The average Bonchev–Trinajstić information content (AvgIpc) is 2.12. The van der Waals surface area contributed by atoms with E-state index in [-0.39, 0.29) is 18.7 Å². The van der Waals surface area contributed by atoms with Crippen molar-refractivity contribution in [2.45, 2.75) is 26.0 Å². The highest BCUT2D eigenvalue weighted by molar-refractivity contribution is 5.71. The van der Waals surface area contributed by atoms with Crippen molar-refractivity contribution in [3.8, 4) is 0 Å². The topological polar surface area (TPSA) is 84.6 Å². The van der Waals surface area contributed by atoms with Crippen LogP contribution in [0.5, 0.6) is 0 Å². The predicted octanol–water partition coefficient (Wildman–Crippen LogP) is -0.0222. The quantitative estimate of drug-likeness (QED) is 0.572. The Balaban J connectivity index is 2.71. The molecule has 1 atom stereocenters. The Morgan fingerprint density at radius 3 is 2.93 bits per heavy atom. The Labute approximate surface area is 88.6 Å². The van der Waals surface area contributed by atoms with Crippen molar-refractivity contribution >= 4 is 5.97 Å². The van der Waals surface area contributed by atoms with Gasteiger partial charge in [0.15, 0.2) is 5.72 Å². The number of dihydropyridines is 1. The minimum absolute atomic E-state index is 0.200. The molecule has 0 aromatic heterocycles. The Bertz CT molecular complexity index is 323. The van der Waals surface area contributed by atoms with Crippen molar-refractivity contribution in [2.75, 3.05) is 6.61 Å². The number of allylic oxidation sites excluding steroid dienone is 3. The zero-order valence-electron chi connectivity index (χ0n) is 8.91. The van der Waals surface area contributed by atoms with E-state index in [1.807, 2.05) is 0 Å². The van der Waals surface area contributed by atoms with Crippen LogP contribution in [-0.2, 0) is 9.53 Å². The summed E-state index contributed by atoms with van der Waals surface area (Å²) in [6.07, 6.45) is 3.11. The van der Waals surface area contributed by atoms with Gasteiger partial charge in [0, 0.05) is 5.70 Å². The second kappa shape index (κ2) is 4.35. The molecule has 0 aliphatic carbocycles. The third-order valence-electron chi connectivity index (χ3n) is 2.10. The molecule has 0 fully saturated rings. The van der Waals surface area contributed by atoms with E-state index in [0.29, 0.717) is 0 Å².